The van der Waals surface area contributed by atoms with Gasteiger partial charge in [0, 0.05) is 17.9 Å². The van der Waals surface area contributed by atoms with Gasteiger partial charge in [-0.25, -0.2) is 0 Å². The maximum atomic E-state index is 13.2. The van der Waals surface area contributed by atoms with Gasteiger partial charge in [0.1, 0.15) is 17.2 Å². The molecule has 0 aliphatic carbocycles. The quantitative estimate of drug-likeness (QED) is 0.783. The first-order valence-electron chi connectivity index (χ1n) is 9.18. The number of carbonyl (C=O) groups excluding carboxylic acids is 2. The Morgan fingerprint density at radius 1 is 1.10 bits per heavy atom. The summed E-state index contributed by atoms with van der Waals surface area (Å²) < 4.78 is 15.9. The molecule has 2 aromatic carbocycles. The van der Waals surface area contributed by atoms with Crippen molar-refractivity contribution in [2.24, 2.45) is 0 Å². The van der Waals surface area contributed by atoms with Crippen LogP contribution in [0.4, 0.5) is 0 Å². The van der Waals surface area contributed by atoms with Crippen LogP contribution in [0, 0.1) is 0 Å². The number of amides is 2. The molecule has 29 heavy (non-hydrogen) atoms. The molecule has 2 aliphatic rings. The molecular weight excluding hydrogens is 392 g/mol. The van der Waals surface area contributed by atoms with Gasteiger partial charge in [0.2, 0.25) is 5.91 Å². The molecule has 1 N–H and O–H groups in total. The predicted octanol–water partition coefficient (Wildman–Crippen LogP) is 2.60. The zero-order chi connectivity index (χ0) is 20.5. The normalized spacial score (nSPS) is 19.6. The molecule has 0 bridgehead atoms. The third-order valence-corrected chi connectivity index (χ3v) is 6.53. The monoisotopic (exact) mass is 414 g/mol. The topological polar surface area (TPSA) is 77.1 Å². The van der Waals surface area contributed by atoms with Gasteiger partial charge in [0.15, 0.2) is 11.5 Å². The highest BCUT2D eigenvalue weighted by Crippen LogP contribution is 2.52. The number of fused-ring (bicyclic) bond motifs is 3. The molecule has 1 fully saturated rings. The van der Waals surface area contributed by atoms with Crippen molar-refractivity contribution in [1.82, 2.24) is 10.2 Å². The molecule has 2 atom stereocenters. The Balaban J connectivity index is 1.51. The summed E-state index contributed by atoms with van der Waals surface area (Å²) in [6, 6.07) is 10.7. The number of hydrogen-bond donors (Lipinski definition) is 1. The molecule has 0 spiro atoms. The summed E-state index contributed by atoms with van der Waals surface area (Å²) in [6.45, 7) is 0.390. The zero-order valence-electron chi connectivity index (χ0n) is 16.4. The highest BCUT2D eigenvalue weighted by Gasteiger charge is 2.50. The Bertz CT molecular complexity index is 947. The van der Waals surface area contributed by atoms with E-state index in [9.17, 15) is 9.59 Å². The van der Waals surface area contributed by atoms with Crippen molar-refractivity contribution < 1.29 is 23.8 Å². The van der Waals surface area contributed by atoms with Gasteiger partial charge in [-0.1, -0.05) is 18.2 Å². The van der Waals surface area contributed by atoms with E-state index in [1.54, 1.807) is 29.8 Å². The zero-order valence-corrected chi connectivity index (χ0v) is 17.2. The van der Waals surface area contributed by atoms with Gasteiger partial charge in [-0.05, 0) is 23.8 Å². The van der Waals surface area contributed by atoms with Crippen LogP contribution >= 0.6 is 11.8 Å². The highest BCUT2D eigenvalue weighted by molar-refractivity contribution is 7.99. The number of benzene rings is 2. The van der Waals surface area contributed by atoms with Crippen molar-refractivity contribution in [2.45, 2.75) is 18.0 Å². The largest absolute Gasteiger partial charge is 0.497 e. The van der Waals surface area contributed by atoms with E-state index < -0.39 is 6.04 Å². The van der Waals surface area contributed by atoms with E-state index in [1.165, 1.54) is 14.2 Å². The summed E-state index contributed by atoms with van der Waals surface area (Å²) >= 11 is 1.59. The molecule has 2 aliphatic heterocycles. The van der Waals surface area contributed by atoms with E-state index in [0.29, 0.717) is 29.4 Å². The van der Waals surface area contributed by atoms with E-state index in [-0.39, 0.29) is 17.2 Å². The fraction of sp³-hybridized carbons (Fsp3) is 0.333. The number of rotatable bonds is 6. The molecule has 1 saturated heterocycles. The Kier molecular flexibility index (Phi) is 5.27. The smallest absolute Gasteiger partial charge is 0.260 e. The molecule has 0 radical (unpaired) electrons. The van der Waals surface area contributed by atoms with Gasteiger partial charge in [0.05, 0.1) is 26.9 Å². The Morgan fingerprint density at radius 2 is 1.86 bits per heavy atom. The van der Waals surface area contributed by atoms with Crippen LogP contribution in [0.15, 0.2) is 36.4 Å². The molecule has 2 heterocycles. The molecular formula is C21H22N2O5S. The Hall–Kier alpha value is -2.87. The van der Waals surface area contributed by atoms with Crippen LogP contribution in [0.1, 0.15) is 26.9 Å². The summed E-state index contributed by atoms with van der Waals surface area (Å²) in [6.07, 6.45) is 0. The van der Waals surface area contributed by atoms with Crippen molar-refractivity contribution in [2.75, 3.05) is 27.1 Å². The molecule has 2 aromatic rings. The third-order valence-electron chi connectivity index (χ3n) is 5.22. The minimum atomic E-state index is -0.529. The van der Waals surface area contributed by atoms with Crippen LogP contribution < -0.4 is 19.5 Å². The van der Waals surface area contributed by atoms with E-state index in [1.807, 2.05) is 30.3 Å². The first-order valence-corrected chi connectivity index (χ1v) is 10.2. The van der Waals surface area contributed by atoms with Gasteiger partial charge in [0.25, 0.3) is 5.91 Å². The molecule has 1 unspecified atom stereocenters. The van der Waals surface area contributed by atoms with Crippen molar-refractivity contribution in [3.05, 3.63) is 53.1 Å². The van der Waals surface area contributed by atoms with Crippen LogP contribution in [-0.4, -0.2) is 49.8 Å². The Morgan fingerprint density at radius 3 is 2.52 bits per heavy atom. The van der Waals surface area contributed by atoms with Crippen molar-refractivity contribution in [1.29, 1.82) is 0 Å². The maximum absolute atomic E-state index is 13.2. The first-order chi connectivity index (χ1) is 14.1. The lowest BCUT2D eigenvalue weighted by atomic mass is 10.1. The number of nitrogens with one attached hydrogen (secondary N) is 1. The van der Waals surface area contributed by atoms with E-state index in [0.717, 1.165) is 16.9 Å². The minimum Gasteiger partial charge on any atom is -0.497 e. The lowest BCUT2D eigenvalue weighted by Gasteiger charge is -2.22. The number of hydrogen-bond acceptors (Lipinski definition) is 6. The highest BCUT2D eigenvalue weighted by atomic mass is 32.2. The number of methoxy groups -OCH3 is 3. The van der Waals surface area contributed by atoms with Crippen LogP contribution in [-0.2, 0) is 11.3 Å². The van der Waals surface area contributed by atoms with Crippen LogP contribution in [0.5, 0.6) is 17.2 Å². The average molecular weight is 414 g/mol. The van der Waals surface area contributed by atoms with Crippen LogP contribution in [0.2, 0.25) is 0 Å². The lowest BCUT2D eigenvalue weighted by molar-refractivity contribution is -0.124. The molecule has 8 heteroatoms. The van der Waals surface area contributed by atoms with Gasteiger partial charge in [-0.15, -0.1) is 11.8 Å². The summed E-state index contributed by atoms with van der Waals surface area (Å²) in [5.41, 5.74) is 2.31. The number of carbonyl (C=O) groups is 2. The second kappa shape index (κ2) is 7.87. The fourth-order valence-electron chi connectivity index (χ4n) is 3.74. The fourth-order valence-corrected chi connectivity index (χ4v) is 5.20. The SMILES string of the molecule is COc1ccc(CNC(=O)[C@@H]2CSC3c4ccc(OC)c(OC)c4C(=O)N32)cc1. The molecule has 0 saturated carbocycles. The molecule has 7 nitrogen and oxygen atoms in total. The van der Waals surface area contributed by atoms with Gasteiger partial charge >= 0.3 is 0 Å². The second-order valence-electron chi connectivity index (χ2n) is 6.75. The minimum absolute atomic E-state index is 0.164. The number of thioether (sulfide) groups is 1. The van der Waals surface area contributed by atoms with Crippen molar-refractivity contribution in [3.63, 3.8) is 0 Å². The lowest BCUT2D eigenvalue weighted by Crippen LogP contribution is -2.45. The standard InChI is InChI=1S/C21H22N2O5S/c1-26-13-6-4-12(5-7-13)10-22-19(24)15-11-29-21-14-8-9-16(27-2)18(28-3)17(14)20(25)23(15)21/h4-9,15,21H,10-11H2,1-3H3,(H,22,24)/t15-,21?/m0/s1. The molecule has 0 aromatic heterocycles. The van der Waals surface area contributed by atoms with E-state index in [4.69, 9.17) is 14.2 Å². The molecule has 152 valence electrons. The van der Waals surface area contributed by atoms with Gasteiger partial charge < -0.3 is 24.4 Å². The van der Waals surface area contributed by atoms with Crippen LogP contribution in [0.3, 0.4) is 0 Å². The third kappa shape index (κ3) is 3.27. The van der Waals surface area contributed by atoms with Crippen LogP contribution in [0.25, 0.3) is 0 Å². The van der Waals surface area contributed by atoms with Gasteiger partial charge in [-0.3, -0.25) is 9.59 Å². The second-order valence-corrected chi connectivity index (χ2v) is 7.86. The predicted molar refractivity (Wildman–Crippen MR) is 110 cm³/mol. The van der Waals surface area contributed by atoms with E-state index >= 15 is 0 Å². The van der Waals surface area contributed by atoms with Gasteiger partial charge in [-0.2, -0.15) is 0 Å². The summed E-state index contributed by atoms with van der Waals surface area (Å²) in [7, 11) is 4.66. The summed E-state index contributed by atoms with van der Waals surface area (Å²) in [5, 5.41) is 2.76. The first kappa shape index (κ1) is 19.4. The number of ether oxygens (including phenoxy) is 3. The maximum Gasteiger partial charge on any atom is 0.260 e. The van der Waals surface area contributed by atoms with E-state index in [2.05, 4.69) is 5.32 Å². The molecule has 4 rings (SSSR count). The van der Waals surface area contributed by atoms with Crippen molar-refractivity contribution in [3.8, 4) is 17.2 Å². The van der Waals surface area contributed by atoms with Crippen molar-refractivity contribution >= 4 is 23.6 Å². The number of nitrogens with zero attached hydrogens (tertiary/aromatic N) is 1. The molecule has 2 amide bonds. The summed E-state index contributed by atoms with van der Waals surface area (Å²) in [5.74, 6) is 1.88. The average Bonchev–Trinajstić information content (AvgIpc) is 3.31. The summed E-state index contributed by atoms with van der Waals surface area (Å²) in [4.78, 5) is 27.7. The Labute approximate surface area is 173 Å².